The minimum absolute atomic E-state index is 0.0552. The Morgan fingerprint density at radius 1 is 1.05 bits per heavy atom. The SMILES string of the molecule is CCOc1cc(C=c2sc3n(c2=O)C(CC)(c2ccc(OC)cc2)C(C(=O)[O-])=C(C)N=3)ccc1OCc1ccc(F)cc1. The molecule has 10 heteroatoms. The minimum Gasteiger partial charge on any atom is -0.545 e. The van der Waals surface area contributed by atoms with Crippen molar-refractivity contribution in [3.8, 4) is 17.2 Å². The van der Waals surface area contributed by atoms with Gasteiger partial charge in [-0.15, -0.1) is 0 Å². The number of rotatable bonds is 10. The zero-order valence-electron chi connectivity index (χ0n) is 24.2. The molecular weight excluding hydrogens is 571 g/mol. The lowest BCUT2D eigenvalue weighted by molar-refractivity contribution is -0.300. The zero-order chi connectivity index (χ0) is 30.7. The highest BCUT2D eigenvalue weighted by Gasteiger charge is 2.43. The molecule has 0 radical (unpaired) electrons. The summed E-state index contributed by atoms with van der Waals surface area (Å²) in [6.07, 6.45) is 2.00. The zero-order valence-corrected chi connectivity index (χ0v) is 25.0. The van der Waals surface area contributed by atoms with E-state index in [1.807, 2.05) is 13.8 Å². The predicted molar refractivity (Wildman–Crippen MR) is 159 cm³/mol. The maximum atomic E-state index is 14.1. The van der Waals surface area contributed by atoms with Gasteiger partial charge in [0.05, 0.1) is 24.2 Å². The maximum Gasteiger partial charge on any atom is 0.271 e. The number of benzene rings is 3. The number of fused-ring (bicyclic) bond motifs is 1. The van der Waals surface area contributed by atoms with Gasteiger partial charge >= 0.3 is 0 Å². The van der Waals surface area contributed by atoms with Crippen LogP contribution in [-0.4, -0.2) is 24.3 Å². The summed E-state index contributed by atoms with van der Waals surface area (Å²) in [7, 11) is 1.55. The van der Waals surface area contributed by atoms with Gasteiger partial charge in [0.25, 0.3) is 5.56 Å². The molecule has 0 saturated carbocycles. The average Bonchev–Trinajstić information content (AvgIpc) is 3.31. The van der Waals surface area contributed by atoms with Crippen molar-refractivity contribution in [1.82, 2.24) is 4.57 Å². The van der Waals surface area contributed by atoms with Crippen molar-refractivity contribution in [2.75, 3.05) is 13.7 Å². The number of carbonyl (C=O) groups excluding carboxylic acids is 1. The summed E-state index contributed by atoms with van der Waals surface area (Å²) in [6, 6.07) is 18.4. The second kappa shape index (κ2) is 12.3. The molecule has 5 rings (SSSR count). The van der Waals surface area contributed by atoms with Crippen molar-refractivity contribution in [1.29, 1.82) is 0 Å². The molecule has 4 aromatic rings. The first kappa shape index (κ1) is 29.8. The molecule has 0 aliphatic carbocycles. The van der Waals surface area contributed by atoms with Crippen LogP contribution in [0.15, 0.2) is 87.8 Å². The predicted octanol–water partition coefficient (Wildman–Crippen LogP) is 3.67. The summed E-state index contributed by atoms with van der Waals surface area (Å²) in [5.74, 6) is -0.107. The number of hydrogen-bond acceptors (Lipinski definition) is 8. The lowest BCUT2D eigenvalue weighted by Crippen LogP contribution is -2.54. The van der Waals surface area contributed by atoms with Gasteiger partial charge in [0.15, 0.2) is 16.3 Å². The van der Waals surface area contributed by atoms with Crippen LogP contribution in [0.4, 0.5) is 4.39 Å². The first-order chi connectivity index (χ1) is 20.7. The van der Waals surface area contributed by atoms with Crippen molar-refractivity contribution in [3.63, 3.8) is 0 Å². The molecule has 0 bridgehead atoms. The smallest absolute Gasteiger partial charge is 0.271 e. The van der Waals surface area contributed by atoms with Crippen molar-refractivity contribution < 1.29 is 28.5 Å². The molecule has 0 saturated heterocycles. The second-order valence-electron chi connectivity index (χ2n) is 9.89. The molecule has 0 spiro atoms. The summed E-state index contributed by atoms with van der Waals surface area (Å²) >= 11 is 1.18. The monoisotopic (exact) mass is 601 g/mol. The first-order valence-electron chi connectivity index (χ1n) is 13.8. The standard InChI is InChI=1S/C33H31FN2O6S/c1-5-33(23-10-14-25(40-4)15-11-23)29(31(38)39)20(3)35-32-36(33)30(37)28(43-32)18-22-9-16-26(27(17-22)41-6-2)42-19-21-7-12-24(34)13-8-21/h7-18H,5-6,19H2,1-4H3,(H,38,39)/p-1. The van der Waals surface area contributed by atoms with E-state index in [0.29, 0.717) is 44.3 Å². The van der Waals surface area contributed by atoms with Gasteiger partial charge in [-0.05, 0) is 79.4 Å². The number of carbonyl (C=O) groups is 1. The second-order valence-corrected chi connectivity index (χ2v) is 10.9. The van der Waals surface area contributed by atoms with E-state index >= 15 is 0 Å². The lowest BCUT2D eigenvalue weighted by atomic mass is 9.78. The van der Waals surface area contributed by atoms with Crippen molar-refractivity contribution in [2.24, 2.45) is 4.99 Å². The number of carboxylic acid groups (broad SMARTS) is 1. The highest BCUT2D eigenvalue weighted by molar-refractivity contribution is 7.07. The van der Waals surface area contributed by atoms with Crippen LogP contribution < -0.4 is 34.2 Å². The van der Waals surface area contributed by atoms with Crippen LogP contribution in [-0.2, 0) is 16.9 Å². The third-order valence-corrected chi connectivity index (χ3v) is 8.35. The van der Waals surface area contributed by atoms with E-state index in [1.54, 1.807) is 74.7 Å². The van der Waals surface area contributed by atoms with Gasteiger partial charge in [-0.1, -0.05) is 48.6 Å². The number of aliphatic carboxylic acids is 1. The van der Waals surface area contributed by atoms with Crippen molar-refractivity contribution in [3.05, 3.63) is 120 Å². The number of ether oxygens (including phenoxy) is 3. The molecule has 1 atom stereocenters. The molecule has 2 heterocycles. The molecular formula is C33H30FN2O6S-. The molecule has 1 aliphatic rings. The van der Waals surface area contributed by atoms with Crippen LogP contribution in [0.1, 0.15) is 43.9 Å². The van der Waals surface area contributed by atoms with Gasteiger partial charge < -0.3 is 24.1 Å². The highest BCUT2D eigenvalue weighted by atomic mass is 32.1. The summed E-state index contributed by atoms with van der Waals surface area (Å²) < 4.78 is 32.2. The summed E-state index contributed by atoms with van der Waals surface area (Å²) in [4.78, 5) is 31.5. The van der Waals surface area contributed by atoms with E-state index in [9.17, 15) is 19.1 Å². The number of thiazole rings is 1. The van der Waals surface area contributed by atoms with Crippen LogP contribution in [0.25, 0.3) is 6.08 Å². The van der Waals surface area contributed by atoms with Crippen molar-refractivity contribution >= 4 is 23.4 Å². The number of methoxy groups -OCH3 is 1. The number of nitrogens with zero attached hydrogens (tertiary/aromatic N) is 2. The van der Waals surface area contributed by atoms with Gasteiger partial charge in [-0.3, -0.25) is 9.36 Å². The quantitative estimate of drug-likeness (QED) is 0.275. The Labute approximate surface area is 251 Å². The van der Waals surface area contributed by atoms with E-state index in [2.05, 4.69) is 4.99 Å². The molecule has 1 unspecified atom stereocenters. The Bertz CT molecular complexity index is 1880. The number of hydrogen-bond donors (Lipinski definition) is 0. The normalized spacial score (nSPS) is 16.4. The van der Waals surface area contributed by atoms with Crippen LogP contribution in [0, 0.1) is 5.82 Å². The fourth-order valence-corrected chi connectivity index (χ4v) is 6.47. The van der Waals surface area contributed by atoms with E-state index in [1.165, 1.54) is 28.0 Å². The Hall–Kier alpha value is -4.70. The first-order valence-corrected chi connectivity index (χ1v) is 14.6. The maximum absolute atomic E-state index is 14.1. The average molecular weight is 602 g/mol. The lowest BCUT2D eigenvalue weighted by Gasteiger charge is -2.39. The number of carboxylic acids is 1. The molecule has 1 aliphatic heterocycles. The molecule has 222 valence electrons. The number of aromatic nitrogens is 1. The summed E-state index contributed by atoms with van der Waals surface area (Å²) in [6.45, 7) is 5.93. The molecule has 3 aromatic carbocycles. The fourth-order valence-electron chi connectivity index (χ4n) is 5.39. The van der Waals surface area contributed by atoms with Gasteiger partial charge in [-0.25, -0.2) is 9.38 Å². The van der Waals surface area contributed by atoms with Crippen LogP contribution in [0.3, 0.4) is 0 Å². The Balaban J connectivity index is 1.60. The summed E-state index contributed by atoms with van der Waals surface area (Å²) in [5.41, 5.74) is 0.620. The van der Waals surface area contributed by atoms with E-state index < -0.39 is 11.5 Å². The highest BCUT2D eigenvalue weighted by Crippen LogP contribution is 2.39. The Morgan fingerprint density at radius 2 is 1.77 bits per heavy atom. The van der Waals surface area contributed by atoms with Gasteiger partial charge in [0, 0.05) is 11.3 Å². The van der Waals surface area contributed by atoms with E-state index in [-0.39, 0.29) is 35.7 Å². The molecule has 1 aromatic heterocycles. The third kappa shape index (κ3) is 5.58. The topological polar surface area (TPSA) is 102 Å². The van der Waals surface area contributed by atoms with Gasteiger partial charge in [0.1, 0.15) is 23.7 Å². The van der Waals surface area contributed by atoms with Gasteiger partial charge in [-0.2, -0.15) is 0 Å². The largest absolute Gasteiger partial charge is 0.545 e. The van der Waals surface area contributed by atoms with Crippen LogP contribution in [0.2, 0.25) is 0 Å². The number of allylic oxidation sites excluding steroid dienone is 1. The van der Waals surface area contributed by atoms with Crippen LogP contribution >= 0.6 is 11.3 Å². The molecule has 0 amide bonds. The van der Waals surface area contributed by atoms with Gasteiger partial charge in [0.2, 0.25) is 0 Å². The van der Waals surface area contributed by atoms with Crippen molar-refractivity contribution in [2.45, 2.75) is 39.3 Å². The van der Waals surface area contributed by atoms with E-state index in [0.717, 1.165) is 5.56 Å². The fraction of sp³-hybridized carbons (Fsp3) is 0.242. The molecule has 0 fully saturated rings. The summed E-state index contributed by atoms with van der Waals surface area (Å²) in [5, 5.41) is 12.5. The van der Waals surface area contributed by atoms with E-state index in [4.69, 9.17) is 14.2 Å². The Kier molecular flexibility index (Phi) is 8.50. The number of halogens is 1. The molecule has 43 heavy (non-hydrogen) atoms. The van der Waals surface area contributed by atoms with Crippen LogP contribution in [0.5, 0.6) is 17.2 Å². The Morgan fingerprint density at radius 3 is 2.40 bits per heavy atom. The molecule has 0 N–H and O–H groups in total. The molecule has 8 nitrogen and oxygen atoms in total. The third-order valence-electron chi connectivity index (χ3n) is 7.38. The minimum atomic E-state index is -1.38.